The first-order chi connectivity index (χ1) is 17.0. The maximum atomic E-state index is 13.2. The SMILES string of the molecule is CC(=N)/N=C(\NC(C)C)c1cn2c(n1)-c1ccc(OC(C)(C)C(=O)N3CCN(C)CC3)cc1OCC2. The number of rotatable bonds is 5. The smallest absolute Gasteiger partial charge is 0.266 e. The second kappa shape index (κ2) is 10.3. The summed E-state index contributed by atoms with van der Waals surface area (Å²) in [5.74, 6) is 2.76. The molecule has 2 aromatic rings. The quantitative estimate of drug-likeness (QED) is 0.488. The molecule has 10 nitrogen and oxygen atoms in total. The topological polar surface area (TPSA) is 108 Å². The molecule has 0 atom stereocenters. The summed E-state index contributed by atoms with van der Waals surface area (Å²) in [6.07, 6.45) is 1.94. The number of amidine groups is 2. The number of benzene rings is 1. The van der Waals surface area contributed by atoms with Gasteiger partial charge in [-0.25, -0.2) is 9.98 Å². The Bertz CT molecular complexity index is 1160. The zero-order valence-corrected chi connectivity index (χ0v) is 22.1. The highest BCUT2D eigenvalue weighted by atomic mass is 16.5. The number of likely N-dealkylation sites (N-methyl/N-ethyl adjacent to an activating group) is 1. The van der Waals surface area contributed by atoms with E-state index in [9.17, 15) is 4.79 Å². The Labute approximate surface area is 212 Å². The molecule has 0 radical (unpaired) electrons. The molecule has 194 valence electrons. The highest BCUT2D eigenvalue weighted by molar-refractivity contribution is 6.04. The third kappa shape index (κ3) is 5.70. The van der Waals surface area contributed by atoms with E-state index in [2.05, 4.69) is 22.3 Å². The number of amides is 1. The minimum absolute atomic E-state index is 0.0161. The van der Waals surface area contributed by atoms with Gasteiger partial charge in [0.2, 0.25) is 0 Å². The van der Waals surface area contributed by atoms with Gasteiger partial charge in [-0.05, 0) is 53.8 Å². The molecular weight excluding hydrogens is 458 g/mol. The number of imidazole rings is 1. The van der Waals surface area contributed by atoms with Crippen molar-refractivity contribution in [2.45, 2.75) is 52.8 Å². The first kappa shape index (κ1) is 25.7. The molecule has 4 rings (SSSR count). The molecule has 2 aliphatic rings. The van der Waals surface area contributed by atoms with E-state index in [0.29, 0.717) is 49.3 Å². The molecule has 1 aromatic heterocycles. The van der Waals surface area contributed by atoms with Gasteiger partial charge in [0.25, 0.3) is 5.91 Å². The Balaban J connectivity index is 1.58. The molecule has 1 aromatic carbocycles. The monoisotopic (exact) mass is 495 g/mol. The molecule has 0 bridgehead atoms. The van der Waals surface area contributed by atoms with Crippen LogP contribution in [0, 0.1) is 5.41 Å². The van der Waals surface area contributed by atoms with Crippen LogP contribution in [-0.2, 0) is 11.3 Å². The van der Waals surface area contributed by atoms with E-state index in [1.54, 1.807) is 6.92 Å². The van der Waals surface area contributed by atoms with Gasteiger partial charge in [-0.2, -0.15) is 0 Å². The van der Waals surface area contributed by atoms with Crippen molar-refractivity contribution in [1.82, 2.24) is 24.7 Å². The van der Waals surface area contributed by atoms with Gasteiger partial charge in [0, 0.05) is 44.5 Å². The molecule has 0 saturated carbocycles. The average Bonchev–Trinajstić information content (AvgIpc) is 3.14. The Kier molecular flexibility index (Phi) is 7.35. The molecule has 1 fully saturated rings. The highest BCUT2D eigenvalue weighted by Gasteiger charge is 2.35. The third-order valence-corrected chi connectivity index (χ3v) is 6.19. The zero-order valence-electron chi connectivity index (χ0n) is 22.1. The summed E-state index contributed by atoms with van der Waals surface area (Å²) >= 11 is 0. The van der Waals surface area contributed by atoms with Crippen molar-refractivity contribution in [3.63, 3.8) is 0 Å². The van der Waals surface area contributed by atoms with Gasteiger partial charge in [-0.3, -0.25) is 10.2 Å². The lowest BCUT2D eigenvalue weighted by Gasteiger charge is -2.37. The van der Waals surface area contributed by atoms with Crippen LogP contribution in [0.4, 0.5) is 0 Å². The van der Waals surface area contributed by atoms with Crippen molar-refractivity contribution in [3.8, 4) is 22.9 Å². The Morgan fingerprint density at radius 2 is 1.94 bits per heavy atom. The Morgan fingerprint density at radius 1 is 1.22 bits per heavy atom. The summed E-state index contributed by atoms with van der Waals surface area (Å²) in [4.78, 5) is 26.4. The molecule has 3 heterocycles. The van der Waals surface area contributed by atoms with Gasteiger partial charge < -0.3 is 29.2 Å². The number of fused-ring (bicyclic) bond motifs is 3. The third-order valence-electron chi connectivity index (χ3n) is 6.19. The van der Waals surface area contributed by atoms with Crippen LogP contribution in [0.15, 0.2) is 29.4 Å². The van der Waals surface area contributed by atoms with Crippen LogP contribution in [0.1, 0.15) is 40.3 Å². The van der Waals surface area contributed by atoms with Gasteiger partial charge in [0.05, 0.1) is 12.1 Å². The number of aromatic nitrogens is 2. The van der Waals surface area contributed by atoms with Crippen molar-refractivity contribution in [2.24, 2.45) is 4.99 Å². The van der Waals surface area contributed by atoms with Gasteiger partial charge in [0.1, 0.15) is 35.5 Å². The molecule has 0 unspecified atom stereocenters. The molecule has 36 heavy (non-hydrogen) atoms. The fourth-order valence-corrected chi connectivity index (χ4v) is 4.37. The van der Waals surface area contributed by atoms with Gasteiger partial charge in [0.15, 0.2) is 11.4 Å². The van der Waals surface area contributed by atoms with Crippen molar-refractivity contribution in [2.75, 3.05) is 39.8 Å². The van der Waals surface area contributed by atoms with Crippen LogP contribution in [0.3, 0.4) is 0 Å². The molecule has 2 aliphatic heterocycles. The number of piperazine rings is 1. The van der Waals surface area contributed by atoms with E-state index in [-0.39, 0.29) is 17.8 Å². The van der Waals surface area contributed by atoms with E-state index in [1.165, 1.54) is 0 Å². The molecule has 1 amide bonds. The predicted molar refractivity (Wildman–Crippen MR) is 140 cm³/mol. The first-order valence-corrected chi connectivity index (χ1v) is 12.5. The van der Waals surface area contributed by atoms with Crippen molar-refractivity contribution in [1.29, 1.82) is 5.41 Å². The highest BCUT2D eigenvalue weighted by Crippen LogP contribution is 2.36. The summed E-state index contributed by atoms with van der Waals surface area (Å²) in [6.45, 7) is 13.5. The fourth-order valence-electron chi connectivity index (χ4n) is 4.37. The van der Waals surface area contributed by atoms with Gasteiger partial charge in [-0.1, -0.05) is 0 Å². The number of carbonyl (C=O) groups excluding carboxylic acids is 1. The van der Waals surface area contributed by atoms with E-state index in [0.717, 1.165) is 24.5 Å². The summed E-state index contributed by atoms with van der Waals surface area (Å²) < 4.78 is 14.3. The number of aliphatic imine (C=N–C) groups is 1. The van der Waals surface area contributed by atoms with Crippen molar-refractivity contribution in [3.05, 3.63) is 30.1 Å². The first-order valence-electron chi connectivity index (χ1n) is 12.5. The summed E-state index contributed by atoms with van der Waals surface area (Å²) in [5, 5.41) is 11.1. The van der Waals surface area contributed by atoms with Crippen LogP contribution in [0.5, 0.6) is 11.5 Å². The summed E-state index contributed by atoms with van der Waals surface area (Å²) in [7, 11) is 2.07. The van der Waals surface area contributed by atoms with Crippen LogP contribution in [0.2, 0.25) is 0 Å². The number of ether oxygens (including phenoxy) is 2. The lowest BCUT2D eigenvalue weighted by molar-refractivity contribution is -0.147. The number of nitrogens with one attached hydrogen (secondary N) is 2. The average molecular weight is 496 g/mol. The Morgan fingerprint density at radius 3 is 2.61 bits per heavy atom. The van der Waals surface area contributed by atoms with E-state index in [1.807, 2.05) is 61.6 Å². The predicted octanol–water partition coefficient (Wildman–Crippen LogP) is 2.62. The maximum absolute atomic E-state index is 13.2. The number of hydrogen-bond donors (Lipinski definition) is 2. The second-order valence-corrected chi connectivity index (χ2v) is 10.2. The second-order valence-electron chi connectivity index (χ2n) is 10.2. The molecule has 0 aliphatic carbocycles. The van der Waals surface area contributed by atoms with Crippen LogP contribution in [0.25, 0.3) is 11.4 Å². The van der Waals surface area contributed by atoms with Crippen LogP contribution in [-0.4, -0.2) is 88.4 Å². The van der Waals surface area contributed by atoms with Gasteiger partial charge in [-0.15, -0.1) is 0 Å². The number of hydrogen-bond acceptors (Lipinski definition) is 6. The van der Waals surface area contributed by atoms with Crippen molar-refractivity contribution < 1.29 is 14.3 Å². The summed E-state index contributed by atoms with van der Waals surface area (Å²) in [5.41, 5.74) is 0.515. The van der Waals surface area contributed by atoms with Crippen molar-refractivity contribution >= 4 is 17.6 Å². The fraction of sp³-hybridized carbons (Fsp3) is 0.538. The normalized spacial score (nSPS) is 16.6. The van der Waals surface area contributed by atoms with Gasteiger partial charge >= 0.3 is 0 Å². The maximum Gasteiger partial charge on any atom is 0.266 e. The van der Waals surface area contributed by atoms with E-state index in [4.69, 9.17) is 19.9 Å². The molecule has 10 heteroatoms. The lowest BCUT2D eigenvalue weighted by atomic mass is 10.1. The minimum atomic E-state index is -1.00. The zero-order chi connectivity index (χ0) is 26.0. The minimum Gasteiger partial charge on any atom is -0.491 e. The lowest BCUT2D eigenvalue weighted by Crippen LogP contribution is -2.55. The number of carbonyl (C=O) groups is 1. The standard InChI is InChI=1S/C26H37N7O3/c1-17(2)28-23(29-18(3)27)21-16-33-13-14-35-22-15-19(7-8-20(22)24(33)30-21)36-26(4,5)25(34)32-11-9-31(6)10-12-32/h7-8,15-17H,9-14H2,1-6H3,(H2,27,28,29). The van der Waals surface area contributed by atoms with E-state index < -0.39 is 5.60 Å². The Hall–Kier alpha value is -3.40. The largest absolute Gasteiger partial charge is 0.491 e. The van der Waals surface area contributed by atoms with E-state index >= 15 is 0 Å². The molecular formula is C26H37N7O3. The summed E-state index contributed by atoms with van der Waals surface area (Å²) in [6, 6.07) is 5.76. The number of nitrogens with zero attached hydrogens (tertiary/aromatic N) is 5. The van der Waals surface area contributed by atoms with Crippen LogP contribution >= 0.6 is 0 Å². The molecule has 2 N–H and O–H groups in total. The molecule has 0 spiro atoms. The molecule has 1 saturated heterocycles. The van der Waals surface area contributed by atoms with Crippen LogP contribution < -0.4 is 14.8 Å².